The van der Waals surface area contributed by atoms with Crippen LogP contribution in [0.3, 0.4) is 0 Å². The van der Waals surface area contributed by atoms with Crippen LogP contribution >= 0.6 is 0 Å². The van der Waals surface area contributed by atoms with Crippen LogP contribution < -0.4 is 19.7 Å². The monoisotopic (exact) mass is 441 g/mol. The van der Waals surface area contributed by atoms with Crippen LogP contribution in [0.5, 0.6) is 11.8 Å². The Morgan fingerprint density at radius 2 is 2.12 bits per heavy atom. The maximum Gasteiger partial charge on any atom is 0.414 e. The van der Waals surface area contributed by atoms with Gasteiger partial charge in [0.05, 0.1) is 31.4 Å². The Hall–Kier alpha value is -2.88. The number of hydrogen-bond donors (Lipinski definition) is 1. The van der Waals surface area contributed by atoms with Gasteiger partial charge in [-0.1, -0.05) is 5.16 Å². The molecule has 2 aliphatic heterocycles. The van der Waals surface area contributed by atoms with Crippen molar-refractivity contribution in [3.05, 3.63) is 23.8 Å². The number of carbonyl (C=O) groups excluding carboxylic acids is 1. The number of anilines is 1. The molecule has 1 atom stereocenters. The van der Waals surface area contributed by atoms with Crippen LogP contribution in [0, 0.1) is 18.8 Å². The van der Waals surface area contributed by atoms with Gasteiger partial charge in [0.25, 0.3) is 0 Å². The summed E-state index contributed by atoms with van der Waals surface area (Å²) in [5.41, 5.74) is 1.00. The second-order valence-corrected chi connectivity index (χ2v) is 9.37. The van der Waals surface area contributed by atoms with E-state index in [1.54, 1.807) is 13.0 Å². The maximum absolute atomic E-state index is 12.6. The molecule has 1 N–H and O–H groups in total. The Labute approximate surface area is 185 Å². The zero-order valence-corrected chi connectivity index (χ0v) is 18.1. The van der Waals surface area contributed by atoms with Gasteiger partial charge in [0.15, 0.2) is 5.82 Å². The number of aromatic nitrogens is 3. The van der Waals surface area contributed by atoms with Gasteiger partial charge in [-0.25, -0.2) is 4.79 Å². The van der Waals surface area contributed by atoms with E-state index in [2.05, 4.69) is 25.3 Å². The number of rotatable bonds is 8. The number of carbonyl (C=O) groups is 1. The Kier molecular flexibility index (Phi) is 4.71. The third-order valence-electron chi connectivity index (χ3n) is 6.76. The third kappa shape index (κ3) is 3.76. The summed E-state index contributed by atoms with van der Waals surface area (Å²) in [6.45, 7) is 4.76. The number of amides is 1. The van der Waals surface area contributed by atoms with Crippen molar-refractivity contribution in [2.24, 2.45) is 11.8 Å². The van der Waals surface area contributed by atoms with Crippen molar-refractivity contribution < 1.29 is 23.5 Å². The largest absolute Gasteiger partial charge is 0.476 e. The highest BCUT2D eigenvalue weighted by Crippen LogP contribution is 2.45. The Bertz CT molecular complexity index is 1010. The minimum atomic E-state index is -0.592. The van der Waals surface area contributed by atoms with Crippen molar-refractivity contribution in [3.8, 4) is 11.8 Å². The fourth-order valence-electron chi connectivity index (χ4n) is 4.34. The van der Waals surface area contributed by atoms with Crippen molar-refractivity contribution in [2.75, 3.05) is 31.3 Å². The predicted molar refractivity (Wildman–Crippen MR) is 112 cm³/mol. The first-order chi connectivity index (χ1) is 15.6. The minimum Gasteiger partial charge on any atom is -0.476 e. The number of nitrogens with one attached hydrogen (secondary N) is 1. The summed E-state index contributed by atoms with van der Waals surface area (Å²) < 4.78 is 22.1. The van der Waals surface area contributed by atoms with Crippen molar-refractivity contribution in [1.29, 1.82) is 0 Å². The zero-order valence-electron chi connectivity index (χ0n) is 18.1. The maximum atomic E-state index is 12.6. The molecule has 2 aliphatic carbocycles. The van der Waals surface area contributed by atoms with Crippen LogP contribution in [-0.4, -0.2) is 53.1 Å². The van der Waals surface area contributed by atoms with Gasteiger partial charge in [-0.15, -0.1) is 0 Å². The van der Waals surface area contributed by atoms with Gasteiger partial charge in [0.2, 0.25) is 17.7 Å². The molecule has 10 nitrogen and oxygen atoms in total. The van der Waals surface area contributed by atoms with Gasteiger partial charge in [0, 0.05) is 19.5 Å². The average Bonchev–Trinajstić information content (AvgIpc) is 3.63. The van der Waals surface area contributed by atoms with E-state index in [0.29, 0.717) is 36.0 Å². The molecule has 1 unspecified atom stereocenters. The van der Waals surface area contributed by atoms with E-state index in [1.807, 2.05) is 6.07 Å². The van der Waals surface area contributed by atoms with E-state index in [1.165, 1.54) is 12.8 Å². The topological polar surface area (TPSA) is 112 Å². The van der Waals surface area contributed by atoms with Gasteiger partial charge in [0.1, 0.15) is 5.69 Å². The fourth-order valence-corrected chi connectivity index (χ4v) is 4.34. The highest BCUT2D eigenvalue weighted by Gasteiger charge is 2.51. The molecule has 0 radical (unpaired) electrons. The van der Waals surface area contributed by atoms with E-state index in [9.17, 15) is 4.79 Å². The van der Waals surface area contributed by atoms with Crippen molar-refractivity contribution in [3.63, 3.8) is 0 Å². The lowest BCUT2D eigenvalue weighted by Crippen LogP contribution is -2.71. The molecule has 2 saturated heterocycles. The van der Waals surface area contributed by atoms with Gasteiger partial charge >= 0.3 is 6.09 Å². The molecule has 32 heavy (non-hydrogen) atoms. The summed E-state index contributed by atoms with van der Waals surface area (Å²) in [6.07, 6.45) is 4.90. The summed E-state index contributed by atoms with van der Waals surface area (Å²) in [7, 11) is 0. The van der Waals surface area contributed by atoms with E-state index in [4.69, 9.17) is 18.7 Å². The second-order valence-electron chi connectivity index (χ2n) is 9.37. The number of nitrogens with zero attached hydrogens (tertiary/aromatic N) is 4. The van der Waals surface area contributed by atoms with Gasteiger partial charge in [-0.05, 0) is 50.0 Å². The molecule has 4 aliphatic rings. The molecular formula is C22H27N5O5. The van der Waals surface area contributed by atoms with Crippen LogP contribution in [0.25, 0.3) is 0 Å². The Morgan fingerprint density at radius 3 is 2.72 bits per heavy atom. The summed E-state index contributed by atoms with van der Waals surface area (Å²) in [5.74, 6) is 2.55. The van der Waals surface area contributed by atoms with Crippen molar-refractivity contribution in [1.82, 2.24) is 20.4 Å². The molecule has 1 amide bonds. The molecule has 6 rings (SSSR count). The molecule has 2 saturated carbocycles. The van der Waals surface area contributed by atoms with Gasteiger partial charge < -0.3 is 29.0 Å². The quantitative estimate of drug-likeness (QED) is 0.661. The molecule has 0 bridgehead atoms. The molecule has 1 spiro atoms. The molecule has 2 aromatic heterocycles. The van der Waals surface area contributed by atoms with E-state index in [-0.39, 0.29) is 17.5 Å². The SMILES string of the molecule is Cc1nc(C(NC(=O)Oc2ccc(N3CCC34COC4)c(OCC3CC3)n2)C2CC2)no1. The lowest BCUT2D eigenvalue weighted by Gasteiger charge is -2.58. The Morgan fingerprint density at radius 1 is 1.28 bits per heavy atom. The highest BCUT2D eigenvalue weighted by molar-refractivity contribution is 5.71. The van der Waals surface area contributed by atoms with Gasteiger partial charge in [-0.2, -0.15) is 9.97 Å². The zero-order chi connectivity index (χ0) is 21.7. The molecule has 4 heterocycles. The van der Waals surface area contributed by atoms with Gasteiger partial charge in [-0.3, -0.25) is 0 Å². The summed E-state index contributed by atoms with van der Waals surface area (Å²) in [5, 5.41) is 6.84. The fraction of sp³-hybridized carbons (Fsp3) is 0.636. The van der Waals surface area contributed by atoms with E-state index in [0.717, 1.165) is 44.7 Å². The van der Waals surface area contributed by atoms with Crippen LogP contribution in [0.1, 0.15) is 49.9 Å². The minimum absolute atomic E-state index is 0.0688. The predicted octanol–water partition coefficient (Wildman–Crippen LogP) is 2.78. The van der Waals surface area contributed by atoms with Crippen LogP contribution in [0.2, 0.25) is 0 Å². The smallest absolute Gasteiger partial charge is 0.414 e. The third-order valence-corrected chi connectivity index (χ3v) is 6.76. The lowest BCUT2D eigenvalue weighted by molar-refractivity contribution is -0.0850. The first-order valence-corrected chi connectivity index (χ1v) is 11.4. The normalized spacial score (nSPS) is 22.1. The molecule has 4 fully saturated rings. The van der Waals surface area contributed by atoms with E-state index >= 15 is 0 Å². The second kappa shape index (κ2) is 7.61. The van der Waals surface area contributed by atoms with Crippen molar-refractivity contribution in [2.45, 2.75) is 50.6 Å². The first-order valence-electron chi connectivity index (χ1n) is 11.4. The average molecular weight is 441 g/mol. The number of hydrogen-bond acceptors (Lipinski definition) is 9. The van der Waals surface area contributed by atoms with Crippen molar-refractivity contribution >= 4 is 11.8 Å². The summed E-state index contributed by atoms with van der Waals surface area (Å²) in [4.78, 5) is 23.8. The first kappa shape index (κ1) is 19.8. The van der Waals surface area contributed by atoms with Crippen LogP contribution in [-0.2, 0) is 4.74 Å². The summed E-state index contributed by atoms with van der Waals surface area (Å²) >= 11 is 0. The summed E-state index contributed by atoms with van der Waals surface area (Å²) in [6, 6.07) is 3.32. The van der Waals surface area contributed by atoms with Crippen LogP contribution in [0.15, 0.2) is 16.7 Å². The van der Waals surface area contributed by atoms with Crippen LogP contribution in [0.4, 0.5) is 10.5 Å². The number of pyridine rings is 1. The highest BCUT2D eigenvalue weighted by atomic mass is 16.6. The molecule has 170 valence electrons. The standard InChI is InChI=1S/C22H27N5O5/c1-13-23-19(26-32-13)18(15-4-5-15)25-21(28)31-17-7-6-16(20(24-17)30-10-14-2-3-14)27-9-8-22(27)11-29-12-22/h6-7,14-15,18H,2-5,8-12H2,1H3,(H,25,28). The molecule has 10 heteroatoms. The number of ether oxygens (including phenoxy) is 3. The number of aryl methyl sites for hydroxylation is 1. The van der Waals surface area contributed by atoms with E-state index < -0.39 is 6.09 Å². The molecule has 0 aromatic carbocycles. The molecule has 2 aromatic rings. The Balaban J connectivity index is 1.17. The molecular weight excluding hydrogens is 414 g/mol. The lowest BCUT2D eigenvalue weighted by atomic mass is 9.82.